The van der Waals surface area contributed by atoms with Gasteiger partial charge in [-0.15, -0.1) is 0 Å². The van der Waals surface area contributed by atoms with Crippen LogP contribution in [0.1, 0.15) is 24.1 Å². The fraction of sp³-hybridized carbons (Fsp3) is 0.240. The highest BCUT2D eigenvalue weighted by atomic mass is 32.2. The minimum Gasteiger partial charge on any atom is -0.340 e. The molecule has 1 N–H and O–H groups in total. The lowest BCUT2D eigenvalue weighted by Crippen LogP contribution is -2.36. The Hall–Kier alpha value is -3.00. The molecule has 2 aromatic heterocycles. The summed E-state index contributed by atoms with van der Waals surface area (Å²) >= 11 is 0. The van der Waals surface area contributed by atoms with Gasteiger partial charge in [-0.2, -0.15) is 12.7 Å². The molecule has 166 valence electrons. The molecule has 0 aliphatic carbocycles. The monoisotopic (exact) mass is 448 g/mol. The van der Waals surface area contributed by atoms with E-state index < -0.39 is 10.2 Å². The van der Waals surface area contributed by atoms with Crippen molar-refractivity contribution in [1.82, 2.24) is 18.6 Å². The Morgan fingerprint density at radius 2 is 1.72 bits per heavy atom. The molecule has 0 saturated heterocycles. The van der Waals surface area contributed by atoms with Crippen molar-refractivity contribution in [2.75, 3.05) is 20.6 Å². The summed E-state index contributed by atoms with van der Waals surface area (Å²) in [5.41, 5.74) is 5.70. The number of benzene rings is 2. The molecule has 1 unspecified atom stereocenters. The number of hydrogen-bond acceptors (Lipinski definition) is 3. The molecule has 6 nitrogen and oxygen atoms in total. The number of fused-ring (bicyclic) bond motifs is 1. The molecule has 4 rings (SSSR count). The second kappa shape index (κ2) is 9.24. The topological polar surface area (TPSA) is 67.2 Å². The Labute approximate surface area is 189 Å². The van der Waals surface area contributed by atoms with Gasteiger partial charge in [-0.1, -0.05) is 42.5 Å². The van der Waals surface area contributed by atoms with Gasteiger partial charge in [-0.3, -0.25) is 4.98 Å². The first-order valence-corrected chi connectivity index (χ1v) is 12.1. The van der Waals surface area contributed by atoms with Crippen LogP contribution >= 0.6 is 0 Å². The van der Waals surface area contributed by atoms with Gasteiger partial charge in [0.25, 0.3) is 10.2 Å². The minimum absolute atomic E-state index is 0.138. The summed E-state index contributed by atoms with van der Waals surface area (Å²) in [7, 11) is -0.398. The van der Waals surface area contributed by atoms with Crippen molar-refractivity contribution in [3.05, 3.63) is 90.4 Å². The van der Waals surface area contributed by atoms with Crippen LogP contribution in [0.2, 0.25) is 0 Å². The van der Waals surface area contributed by atoms with Gasteiger partial charge in [-0.25, -0.2) is 4.72 Å². The predicted octanol–water partition coefficient (Wildman–Crippen LogP) is 4.25. The van der Waals surface area contributed by atoms with Crippen LogP contribution < -0.4 is 4.72 Å². The van der Waals surface area contributed by atoms with E-state index in [9.17, 15) is 8.42 Å². The molecule has 2 heterocycles. The lowest BCUT2D eigenvalue weighted by Gasteiger charge is -2.16. The lowest BCUT2D eigenvalue weighted by molar-refractivity contribution is 0.506. The molecule has 1 atom stereocenters. The van der Waals surface area contributed by atoms with Gasteiger partial charge < -0.3 is 4.57 Å². The van der Waals surface area contributed by atoms with E-state index in [2.05, 4.69) is 69.9 Å². The smallest absolute Gasteiger partial charge is 0.278 e. The van der Waals surface area contributed by atoms with Crippen molar-refractivity contribution in [1.29, 1.82) is 0 Å². The van der Waals surface area contributed by atoms with E-state index in [-0.39, 0.29) is 6.04 Å². The third-order valence-corrected chi connectivity index (χ3v) is 7.32. The van der Waals surface area contributed by atoms with Crippen molar-refractivity contribution < 1.29 is 8.42 Å². The first kappa shape index (κ1) is 22.2. The van der Waals surface area contributed by atoms with Crippen molar-refractivity contribution in [2.24, 2.45) is 0 Å². The Bertz CT molecular complexity index is 1300. The maximum absolute atomic E-state index is 12.1. The van der Waals surface area contributed by atoms with Gasteiger partial charge in [-0.05, 0) is 53.8 Å². The van der Waals surface area contributed by atoms with Gasteiger partial charge in [0.1, 0.15) is 0 Å². The molecule has 0 bridgehead atoms. The number of rotatable bonds is 8. The van der Waals surface area contributed by atoms with Crippen molar-refractivity contribution in [3.8, 4) is 11.1 Å². The van der Waals surface area contributed by atoms with Crippen LogP contribution in [-0.2, 0) is 16.6 Å². The molecule has 4 aromatic rings. The zero-order valence-corrected chi connectivity index (χ0v) is 19.4. The summed E-state index contributed by atoms with van der Waals surface area (Å²) < 4.78 is 30.3. The maximum atomic E-state index is 12.1. The first-order valence-electron chi connectivity index (χ1n) is 10.6. The summed E-state index contributed by atoms with van der Waals surface area (Å²) in [4.78, 5) is 4.12. The third-order valence-electron chi connectivity index (χ3n) is 5.79. The van der Waals surface area contributed by atoms with Crippen LogP contribution in [0.4, 0.5) is 0 Å². The second-order valence-electron chi connectivity index (χ2n) is 8.05. The minimum atomic E-state index is -3.45. The van der Waals surface area contributed by atoms with E-state index >= 15 is 0 Å². The quantitative estimate of drug-likeness (QED) is 0.438. The van der Waals surface area contributed by atoms with Crippen LogP contribution in [-0.4, -0.2) is 42.9 Å². The summed E-state index contributed by atoms with van der Waals surface area (Å²) in [5, 5.41) is 1.13. The Kier molecular flexibility index (Phi) is 6.41. The van der Waals surface area contributed by atoms with Gasteiger partial charge in [0.05, 0.1) is 6.04 Å². The number of nitrogens with zero attached hydrogens (tertiary/aromatic N) is 3. The highest BCUT2D eigenvalue weighted by molar-refractivity contribution is 7.87. The number of aromatic nitrogens is 2. The van der Waals surface area contributed by atoms with Gasteiger partial charge in [0.2, 0.25) is 0 Å². The van der Waals surface area contributed by atoms with Crippen LogP contribution in [0.25, 0.3) is 22.0 Å². The first-order chi connectivity index (χ1) is 15.4. The molecule has 0 fully saturated rings. The highest BCUT2D eigenvalue weighted by Gasteiger charge is 2.17. The van der Waals surface area contributed by atoms with E-state index in [4.69, 9.17) is 0 Å². The molecule has 32 heavy (non-hydrogen) atoms. The van der Waals surface area contributed by atoms with Gasteiger partial charge >= 0.3 is 0 Å². The molecule has 7 heteroatoms. The molecule has 2 aromatic carbocycles. The zero-order valence-electron chi connectivity index (χ0n) is 18.6. The van der Waals surface area contributed by atoms with E-state index in [1.54, 1.807) is 12.4 Å². The summed E-state index contributed by atoms with van der Waals surface area (Å²) in [6, 6.07) is 21.0. The Morgan fingerprint density at radius 1 is 1.00 bits per heavy atom. The Morgan fingerprint density at radius 3 is 2.41 bits per heavy atom. The second-order valence-corrected chi connectivity index (χ2v) is 10.0. The molecular weight excluding hydrogens is 420 g/mol. The average Bonchev–Trinajstić information content (AvgIpc) is 3.17. The highest BCUT2D eigenvalue weighted by Crippen LogP contribution is 2.32. The van der Waals surface area contributed by atoms with E-state index in [0.717, 1.165) is 27.6 Å². The Balaban J connectivity index is 1.74. The van der Waals surface area contributed by atoms with Crippen LogP contribution in [0, 0.1) is 0 Å². The molecule has 0 aliphatic rings. The average molecular weight is 449 g/mol. The number of pyridine rings is 1. The largest absolute Gasteiger partial charge is 0.340 e. The fourth-order valence-electron chi connectivity index (χ4n) is 3.90. The SMILES string of the molecule is CC(c1ccccc1)n1cc(CCNS(=O)(=O)N(C)C)c2ccc(-c3ccncc3)cc21. The van der Waals surface area contributed by atoms with Crippen LogP contribution in [0.3, 0.4) is 0 Å². The third kappa shape index (κ3) is 4.60. The normalized spacial score (nSPS) is 13.0. The molecular formula is C25H28N4O2S. The van der Waals surface area contributed by atoms with Crippen molar-refractivity contribution in [2.45, 2.75) is 19.4 Å². The molecule has 0 radical (unpaired) electrons. The molecule has 0 spiro atoms. The summed E-state index contributed by atoms with van der Waals surface area (Å²) in [6.45, 7) is 2.53. The van der Waals surface area contributed by atoms with Crippen molar-refractivity contribution in [3.63, 3.8) is 0 Å². The summed E-state index contributed by atoms with van der Waals surface area (Å²) in [5.74, 6) is 0. The van der Waals surface area contributed by atoms with Gasteiger partial charge in [0, 0.05) is 50.1 Å². The maximum Gasteiger partial charge on any atom is 0.278 e. The number of nitrogens with one attached hydrogen (secondary N) is 1. The van der Waals surface area contributed by atoms with E-state index in [1.165, 1.54) is 24.0 Å². The van der Waals surface area contributed by atoms with Crippen molar-refractivity contribution >= 4 is 21.1 Å². The van der Waals surface area contributed by atoms with Crippen LogP contribution in [0.5, 0.6) is 0 Å². The predicted molar refractivity (Wildman–Crippen MR) is 130 cm³/mol. The van der Waals surface area contributed by atoms with Crippen LogP contribution in [0.15, 0.2) is 79.3 Å². The summed E-state index contributed by atoms with van der Waals surface area (Å²) in [6.07, 6.45) is 6.36. The van der Waals surface area contributed by atoms with E-state index in [0.29, 0.717) is 13.0 Å². The molecule has 0 saturated carbocycles. The van der Waals surface area contributed by atoms with Gasteiger partial charge in [0.15, 0.2) is 0 Å². The fourth-order valence-corrected chi connectivity index (χ4v) is 4.52. The lowest BCUT2D eigenvalue weighted by atomic mass is 10.0. The molecule has 0 aliphatic heterocycles. The zero-order chi connectivity index (χ0) is 22.7. The van der Waals surface area contributed by atoms with E-state index in [1.807, 2.05) is 18.2 Å². The number of hydrogen-bond donors (Lipinski definition) is 1. The molecule has 0 amide bonds. The standard InChI is InChI=1S/C25H28N4O2S/c1-19(20-7-5-4-6-8-20)29-18-23(13-16-27-32(30,31)28(2)3)24-10-9-22(17-25(24)29)21-11-14-26-15-12-21/h4-12,14-15,17-19,27H,13,16H2,1-3H3.